The highest BCUT2D eigenvalue weighted by atomic mass is 35.5. The predicted octanol–water partition coefficient (Wildman–Crippen LogP) is 10.5. The number of rotatable bonds is 16. The first-order valence-electron chi connectivity index (χ1n) is 41.0. The van der Waals surface area contributed by atoms with Crippen molar-refractivity contribution in [1.29, 1.82) is 0 Å². The summed E-state index contributed by atoms with van der Waals surface area (Å²) in [6.07, 6.45) is -8.25. The average Bonchev–Trinajstić information content (AvgIpc) is 1.32. The van der Waals surface area contributed by atoms with Crippen molar-refractivity contribution in [2.45, 2.75) is 182 Å². The second-order valence-electron chi connectivity index (χ2n) is 31.4. The molecule has 682 valence electrons. The zero-order valence-corrected chi connectivity index (χ0v) is 74.0. The SMILES string of the molecule is CCNC(=O)Nc1ccc(-c2nc3c(c(N4CCOC[C@@H]4C)n2)CCN(CC(F)F)C3)cc1.CCNC(=O)Nc1ccc(B2OC(C)(C)C(C)(C)O2)cc1.C[C@H]1COCCN1c1nc(Cl)nc2c1CCN(C(=O)C(F)F)C2.C[C@H]1COCCN1c1nc(Cl)nc2c1CCN(CC(F)F)C2.C[C@H]1COCCN1c1nc(Cl)nc2c1CCNC2.Cl.O=C(O)C(F)F. The van der Waals surface area contributed by atoms with Gasteiger partial charge in [0.25, 0.3) is 18.8 Å². The van der Waals surface area contributed by atoms with E-state index < -0.39 is 37.6 Å². The van der Waals surface area contributed by atoms with Gasteiger partial charge in [-0.1, -0.05) is 12.1 Å². The molecular weight excluding hydrogens is 1720 g/mol. The summed E-state index contributed by atoms with van der Waals surface area (Å²) in [4.78, 5) is 92.7. The molecule has 2 aromatic carbocycles. The van der Waals surface area contributed by atoms with Crippen LogP contribution in [-0.2, 0) is 89.7 Å². The molecule has 44 heteroatoms. The summed E-state index contributed by atoms with van der Waals surface area (Å²) >= 11 is 18.1. The molecule has 5 amide bonds. The maximum atomic E-state index is 13.0. The van der Waals surface area contributed by atoms with Crippen molar-refractivity contribution in [3.8, 4) is 11.4 Å². The number of alkyl halides is 8. The monoisotopic (exact) mass is 1830 g/mol. The lowest BCUT2D eigenvalue weighted by Gasteiger charge is -2.37. The van der Waals surface area contributed by atoms with Crippen LogP contribution in [-0.4, -0.2) is 283 Å². The van der Waals surface area contributed by atoms with E-state index in [9.17, 15) is 49.5 Å². The number of urea groups is 2. The maximum Gasteiger partial charge on any atom is 0.494 e. The predicted molar refractivity (Wildman–Crippen MR) is 458 cm³/mol. The van der Waals surface area contributed by atoms with Crippen LogP contribution in [0.5, 0.6) is 0 Å². The molecule has 0 bridgehead atoms. The van der Waals surface area contributed by atoms with Crippen molar-refractivity contribution in [2.75, 3.05) is 162 Å². The third kappa shape index (κ3) is 27.2. The number of carboxylic acids is 1. The van der Waals surface area contributed by atoms with Crippen LogP contribution in [0.4, 0.5) is 79.4 Å². The molecule has 0 radical (unpaired) electrons. The van der Waals surface area contributed by atoms with E-state index in [2.05, 4.69) is 96.9 Å². The molecule has 0 spiro atoms. The Hall–Kier alpha value is -8.26. The molecule has 15 rings (SSSR count). The first-order valence-corrected chi connectivity index (χ1v) is 42.1. The highest BCUT2D eigenvalue weighted by molar-refractivity contribution is 6.62. The van der Waals surface area contributed by atoms with Crippen molar-refractivity contribution >= 4 is 118 Å². The average molecular weight is 1830 g/mol. The molecule has 124 heavy (non-hydrogen) atoms. The number of morpholine rings is 4. The third-order valence-electron chi connectivity index (χ3n) is 21.9. The van der Waals surface area contributed by atoms with E-state index in [-0.39, 0.29) is 97.7 Å². The van der Waals surface area contributed by atoms with Gasteiger partial charge in [-0.15, -0.1) is 12.4 Å². The number of carbonyl (C=O) groups is 4. The van der Waals surface area contributed by atoms with Crippen molar-refractivity contribution in [2.24, 2.45) is 0 Å². The quantitative estimate of drug-likeness (QED) is 0.0298. The molecular formula is C80H109BCl4F8N20O11. The lowest BCUT2D eigenvalue weighted by Crippen LogP contribution is -2.46. The van der Waals surface area contributed by atoms with Crippen molar-refractivity contribution in [1.82, 2.24) is 70.5 Å². The van der Waals surface area contributed by atoms with E-state index in [1.807, 2.05) is 84.9 Å². The van der Waals surface area contributed by atoms with Gasteiger partial charge in [-0.05, 0) is 178 Å². The molecule has 9 aliphatic heterocycles. The van der Waals surface area contributed by atoms with Gasteiger partial charge in [-0.25, -0.2) is 71.8 Å². The number of nitrogens with one attached hydrogen (secondary N) is 5. The summed E-state index contributed by atoms with van der Waals surface area (Å²) in [5, 5.41) is 22.0. The summed E-state index contributed by atoms with van der Waals surface area (Å²) in [5.41, 5.74) is 9.76. The fourth-order valence-corrected chi connectivity index (χ4v) is 15.5. The van der Waals surface area contributed by atoms with Crippen molar-refractivity contribution in [3.63, 3.8) is 0 Å². The smallest absolute Gasteiger partial charge is 0.477 e. The van der Waals surface area contributed by atoms with Gasteiger partial charge in [0, 0.05) is 118 Å². The Morgan fingerprint density at radius 3 is 1.24 bits per heavy atom. The molecule has 0 saturated carbocycles. The molecule has 5 saturated heterocycles. The van der Waals surface area contributed by atoms with Gasteiger partial charge < -0.3 is 84.4 Å². The van der Waals surface area contributed by atoms with E-state index >= 15 is 0 Å². The molecule has 31 nitrogen and oxygen atoms in total. The number of aromatic nitrogens is 8. The highest BCUT2D eigenvalue weighted by Gasteiger charge is 2.52. The van der Waals surface area contributed by atoms with Crippen LogP contribution in [0.15, 0.2) is 48.5 Å². The zero-order chi connectivity index (χ0) is 89.0. The van der Waals surface area contributed by atoms with Gasteiger partial charge in [-0.3, -0.25) is 14.6 Å². The van der Waals surface area contributed by atoms with E-state index in [0.717, 1.165) is 131 Å². The number of carbonyl (C=O) groups excluding carboxylic acids is 3. The van der Waals surface area contributed by atoms with E-state index in [0.29, 0.717) is 133 Å². The summed E-state index contributed by atoms with van der Waals surface area (Å²) in [6.45, 7) is 33.0. The van der Waals surface area contributed by atoms with E-state index in [1.54, 1.807) is 21.9 Å². The van der Waals surface area contributed by atoms with E-state index in [1.165, 1.54) is 5.56 Å². The van der Waals surface area contributed by atoms with Crippen LogP contribution >= 0.6 is 47.2 Å². The van der Waals surface area contributed by atoms with Gasteiger partial charge in [0.15, 0.2) is 5.82 Å². The van der Waals surface area contributed by atoms with Crippen molar-refractivity contribution < 1.29 is 87.7 Å². The second-order valence-corrected chi connectivity index (χ2v) is 32.4. The minimum atomic E-state index is -3.23. The summed E-state index contributed by atoms with van der Waals surface area (Å²) in [7, 11) is -0.381. The fourth-order valence-electron chi connectivity index (χ4n) is 14.9. The largest absolute Gasteiger partial charge is 0.494 e. The van der Waals surface area contributed by atoms with Crippen molar-refractivity contribution in [3.05, 3.63) is 109 Å². The Bertz CT molecular complexity index is 4510. The number of fused-ring (bicyclic) bond motifs is 4. The first-order chi connectivity index (χ1) is 58.6. The number of aliphatic carboxylic acids is 1. The number of amides is 5. The lowest BCUT2D eigenvalue weighted by atomic mass is 9.79. The summed E-state index contributed by atoms with van der Waals surface area (Å²) < 4.78 is 131. The second kappa shape index (κ2) is 46.5. The number of benzene rings is 2. The molecule has 0 unspecified atom stereocenters. The topological polar surface area (TPSA) is 330 Å². The number of ether oxygens (including phenoxy) is 4. The standard InChI is InChI=1S/C23H30F2N6O2.C15H23BN2O3.C14H17ClF2N4O2.C14H19ClF2N4O.C12H17ClN4O.C2H2F2O2.ClH/c1-3-26-23(32)27-17-6-4-16(5-7-17)21-28-19-12-30(13-20(24)25)9-8-18(19)22(29-21)31-10-11-33-14-15(31)2;1-6-17-13(19)18-12-9-7-11(8-10-12)16-20-14(2,3)15(4,5)21-16;1-8-7-23-5-4-21(8)12-9-2-3-20(13(22)11(16)17)6-10(9)18-14(15)19-12;1-9-8-22-5-4-21(9)13-10-2-3-20(7-12(16)17)6-11(10)18-14(15)19-13;1-8-7-18-5-4-17(8)11-9-2-3-14-6-10(9)15-12(13)16-11;3-1(4)2(5)6;/h4-7,15,20H,3,8-14H2,1-2H3,(H2,26,27,32);7-10H,6H2,1-5H3,(H2,17,18,19);8,11H,2-7H2,1H3;9,12H,2-8H2,1H3;8,14H,2-7H2,1H3;1H,(H,5,6);1H/t15-;;8-;9-;8-;;/m0.000../s1. The van der Waals surface area contributed by atoms with Crippen LogP contribution in [0.2, 0.25) is 15.9 Å². The van der Waals surface area contributed by atoms with Crippen LogP contribution in [0.25, 0.3) is 11.4 Å². The molecule has 9 aliphatic rings. The third-order valence-corrected chi connectivity index (χ3v) is 22.4. The number of hydrogen-bond donors (Lipinski definition) is 6. The maximum absolute atomic E-state index is 13.0. The number of hydrogen-bond acceptors (Lipinski definition) is 25. The van der Waals surface area contributed by atoms with Gasteiger partial charge >= 0.3 is 38.0 Å². The molecule has 4 aromatic heterocycles. The Balaban J connectivity index is 0.000000175. The number of halogens is 12. The number of anilines is 6. The molecule has 6 aromatic rings. The minimum absolute atomic E-state index is 0. The van der Waals surface area contributed by atoms with E-state index in [4.69, 9.17) is 82.9 Å². The van der Waals surface area contributed by atoms with Gasteiger partial charge in [-0.2, -0.15) is 17.6 Å². The van der Waals surface area contributed by atoms with Gasteiger partial charge in [0.05, 0.1) is 131 Å². The van der Waals surface area contributed by atoms with Gasteiger partial charge in [0.2, 0.25) is 15.9 Å². The summed E-state index contributed by atoms with van der Waals surface area (Å²) in [6, 6.07) is 15.2. The van der Waals surface area contributed by atoms with Gasteiger partial charge in [0.1, 0.15) is 23.3 Å². The Morgan fingerprint density at radius 1 is 0.500 bits per heavy atom. The van der Waals surface area contributed by atoms with Crippen LogP contribution in [0.3, 0.4) is 0 Å². The minimum Gasteiger partial charge on any atom is -0.477 e. The molecule has 6 N–H and O–H groups in total. The molecule has 5 fully saturated rings. The molecule has 4 atom stereocenters. The number of carboxylic acid groups (broad SMARTS) is 1. The number of nitrogens with zero attached hydrogens (tertiary/aromatic N) is 15. The first kappa shape index (κ1) is 99.5. The van der Waals surface area contributed by atoms with Crippen LogP contribution in [0.1, 0.15) is 114 Å². The Kier molecular flexibility index (Phi) is 37.3. The zero-order valence-electron chi connectivity index (χ0n) is 70.9. The highest BCUT2D eigenvalue weighted by Crippen LogP contribution is 2.39. The Labute approximate surface area is 737 Å². The van der Waals surface area contributed by atoms with Crippen LogP contribution < -0.4 is 51.6 Å². The molecule has 13 heterocycles. The van der Waals surface area contributed by atoms with Crippen LogP contribution in [0, 0.1) is 0 Å². The molecule has 0 aliphatic carbocycles. The summed E-state index contributed by atoms with van der Waals surface area (Å²) in [5.74, 6) is 0.726. The fraction of sp³-hybridized carbons (Fsp3) is 0.600. The Morgan fingerprint density at radius 2 is 0.863 bits per heavy atom. The lowest BCUT2D eigenvalue weighted by molar-refractivity contribution is -0.149. The normalized spacial score (nSPS) is 20.3.